The molecule has 0 aliphatic carbocycles. The fourth-order valence-corrected chi connectivity index (χ4v) is 2.83. The molecule has 2 aliphatic rings. The number of pyridine rings is 1. The first-order chi connectivity index (χ1) is 9.84. The summed E-state index contributed by atoms with van der Waals surface area (Å²) in [5, 5.41) is 3.39. The highest BCUT2D eigenvalue weighted by Crippen LogP contribution is 2.21. The van der Waals surface area contributed by atoms with Gasteiger partial charge in [0.2, 0.25) is 0 Å². The van der Waals surface area contributed by atoms with E-state index in [0.29, 0.717) is 37.9 Å². The van der Waals surface area contributed by atoms with Crippen LogP contribution >= 0.6 is 0 Å². The predicted octanol–water partition coefficient (Wildman–Crippen LogP) is 1.02. The topological polar surface area (TPSA) is 54.5 Å². The normalized spacial score (nSPS) is 23.6. The lowest BCUT2D eigenvalue weighted by Crippen LogP contribution is -2.41. The number of ether oxygens (including phenoxy) is 1. The Labute approximate surface area is 119 Å². The first kappa shape index (κ1) is 13.5. The molecule has 3 rings (SSSR count). The molecule has 2 aliphatic heterocycles. The smallest absolute Gasteiger partial charge is 0.272 e. The van der Waals surface area contributed by atoms with E-state index in [4.69, 9.17) is 4.74 Å². The highest BCUT2D eigenvalue weighted by atomic mass is 16.5. The largest absolute Gasteiger partial charge is 0.378 e. The van der Waals surface area contributed by atoms with Gasteiger partial charge in [-0.05, 0) is 31.5 Å². The number of aromatic nitrogens is 1. The van der Waals surface area contributed by atoms with Crippen LogP contribution in [0.1, 0.15) is 34.9 Å². The van der Waals surface area contributed by atoms with E-state index in [1.54, 1.807) is 0 Å². The van der Waals surface area contributed by atoms with Gasteiger partial charge in [-0.1, -0.05) is 6.07 Å². The molecule has 1 N–H and O–H groups in total. The van der Waals surface area contributed by atoms with Gasteiger partial charge in [0.15, 0.2) is 0 Å². The lowest BCUT2D eigenvalue weighted by atomic mass is 9.95. The quantitative estimate of drug-likeness (QED) is 0.875. The summed E-state index contributed by atoms with van der Waals surface area (Å²) < 4.78 is 5.28. The Bertz CT molecular complexity index is 466. The minimum Gasteiger partial charge on any atom is -0.378 e. The Balaban J connectivity index is 1.74. The monoisotopic (exact) mass is 275 g/mol. The van der Waals surface area contributed by atoms with Gasteiger partial charge in [0.25, 0.3) is 5.91 Å². The standard InChI is InChI=1S/C15H21N3O2/c19-15(18-7-9-20-10-8-18)14-5-1-4-13(17-14)12-3-2-6-16-11-12/h1,4-5,12,16H,2-3,6-11H2/t12-/m1/s1. The molecule has 0 saturated carbocycles. The average molecular weight is 275 g/mol. The van der Waals surface area contributed by atoms with E-state index >= 15 is 0 Å². The molecule has 108 valence electrons. The fraction of sp³-hybridized carbons (Fsp3) is 0.600. The number of morpholine rings is 1. The molecule has 1 amide bonds. The molecule has 1 atom stereocenters. The van der Waals surface area contributed by atoms with E-state index in [1.165, 1.54) is 6.42 Å². The van der Waals surface area contributed by atoms with Crippen molar-refractivity contribution in [3.63, 3.8) is 0 Å². The summed E-state index contributed by atoms with van der Waals surface area (Å²) in [5.41, 5.74) is 1.60. The van der Waals surface area contributed by atoms with Crippen molar-refractivity contribution in [2.75, 3.05) is 39.4 Å². The van der Waals surface area contributed by atoms with Crippen molar-refractivity contribution in [1.82, 2.24) is 15.2 Å². The second-order valence-electron chi connectivity index (χ2n) is 5.40. The molecule has 20 heavy (non-hydrogen) atoms. The van der Waals surface area contributed by atoms with Crippen molar-refractivity contribution in [1.29, 1.82) is 0 Å². The molecule has 3 heterocycles. The van der Waals surface area contributed by atoms with Gasteiger partial charge in [-0.25, -0.2) is 4.98 Å². The molecule has 0 bridgehead atoms. The highest BCUT2D eigenvalue weighted by molar-refractivity contribution is 5.92. The maximum absolute atomic E-state index is 12.4. The Morgan fingerprint density at radius 2 is 2.20 bits per heavy atom. The zero-order valence-electron chi connectivity index (χ0n) is 11.7. The van der Waals surface area contributed by atoms with Crippen LogP contribution in [-0.4, -0.2) is 55.2 Å². The fourth-order valence-electron chi connectivity index (χ4n) is 2.83. The van der Waals surface area contributed by atoms with Gasteiger partial charge in [-0.15, -0.1) is 0 Å². The lowest BCUT2D eigenvalue weighted by Gasteiger charge is -2.27. The average Bonchev–Trinajstić information content (AvgIpc) is 2.56. The maximum Gasteiger partial charge on any atom is 0.272 e. The second-order valence-corrected chi connectivity index (χ2v) is 5.40. The van der Waals surface area contributed by atoms with Crippen molar-refractivity contribution in [3.8, 4) is 0 Å². The van der Waals surface area contributed by atoms with Gasteiger partial charge >= 0.3 is 0 Å². The minimum atomic E-state index is 0.0268. The first-order valence-electron chi connectivity index (χ1n) is 7.39. The summed E-state index contributed by atoms with van der Waals surface area (Å²) in [6.45, 7) is 4.62. The van der Waals surface area contributed by atoms with E-state index in [2.05, 4.69) is 10.3 Å². The summed E-state index contributed by atoms with van der Waals surface area (Å²) in [6.07, 6.45) is 2.32. The number of nitrogens with one attached hydrogen (secondary N) is 1. The first-order valence-corrected chi connectivity index (χ1v) is 7.39. The number of carbonyl (C=O) groups excluding carboxylic acids is 1. The third-order valence-corrected chi connectivity index (χ3v) is 4.00. The van der Waals surface area contributed by atoms with Crippen molar-refractivity contribution in [2.45, 2.75) is 18.8 Å². The van der Waals surface area contributed by atoms with E-state index < -0.39 is 0 Å². The van der Waals surface area contributed by atoms with Crippen LogP contribution in [0.5, 0.6) is 0 Å². The van der Waals surface area contributed by atoms with Gasteiger partial charge in [-0.3, -0.25) is 4.79 Å². The van der Waals surface area contributed by atoms with Crippen molar-refractivity contribution in [3.05, 3.63) is 29.6 Å². The molecule has 0 aromatic carbocycles. The van der Waals surface area contributed by atoms with Crippen LogP contribution in [0.15, 0.2) is 18.2 Å². The number of nitrogens with zero attached hydrogens (tertiary/aromatic N) is 2. The van der Waals surface area contributed by atoms with Crippen molar-refractivity contribution < 1.29 is 9.53 Å². The SMILES string of the molecule is O=C(c1cccc([C@@H]2CCCNC2)n1)N1CCOCC1. The number of carbonyl (C=O) groups is 1. The van der Waals surface area contributed by atoms with Crippen LogP contribution < -0.4 is 5.32 Å². The number of amides is 1. The summed E-state index contributed by atoms with van der Waals surface area (Å²) in [6, 6.07) is 5.80. The Kier molecular flexibility index (Phi) is 4.28. The Morgan fingerprint density at radius 1 is 1.35 bits per heavy atom. The molecule has 0 spiro atoms. The Hall–Kier alpha value is -1.46. The molecule has 1 aromatic heterocycles. The lowest BCUT2D eigenvalue weighted by molar-refractivity contribution is 0.0299. The molecular weight excluding hydrogens is 254 g/mol. The number of rotatable bonds is 2. The van der Waals surface area contributed by atoms with Crippen LogP contribution in [-0.2, 0) is 4.74 Å². The predicted molar refractivity (Wildman–Crippen MR) is 75.8 cm³/mol. The zero-order valence-corrected chi connectivity index (χ0v) is 11.7. The third kappa shape index (κ3) is 2.99. The molecule has 5 nitrogen and oxygen atoms in total. The van der Waals surface area contributed by atoms with E-state index in [9.17, 15) is 4.79 Å². The summed E-state index contributed by atoms with van der Waals surface area (Å²) in [4.78, 5) is 18.9. The summed E-state index contributed by atoms with van der Waals surface area (Å²) in [7, 11) is 0. The van der Waals surface area contributed by atoms with Gasteiger partial charge < -0.3 is 15.0 Å². The highest BCUT2D eigenvalue weighted by Gasteiger charge is 2.22. The van der Waals surface area contributed by atoms with Crippen LogP contribution in [0.25, 0.3) is 0 Å². The summed E-state index contributed by atoms with van der Waals surface area (Å²) in [5.74, 6) is 0.458. The minimum absolute atomic E-state index is 0.0268. The van der Waals surface area contributed by atoms with E-state index in [0.717, 1.165) is 25.2 Å². The van der Waals surface area contributed by atoms with Crippen LogP contribution in [0.2, 0.25) is 0 Å². The molecule has 0 unspecified atom stereocenters. The zero-order chi connectivity index (χ0) is 13.8. The van der Waals surface area contributed by atoms with Crippen LogP contribution in [0.3, 0.4) is 0 Å². The van der Waals surface area contributed by atoms with E-state index in [1.807, 2.05) is 23.1 Å². The van der Waals surface area contributed by atoms with Gasteiger partial charge in [-0.2, -0.15) is 0 Å². The third-order valence-electron chi connectivity index (χ3n) is 4.00. The van der Waals surface area contributed by atoms with Gasteiger partial charge in [0.1, 0.15) is 5.69 Å². The molecule has 2 fully saturated rings. The van der Waals surface area contributed by atoms with Crippen LogP contribution in [0.4, 0.5) is 0 Å². The van der Waals surface area contributed by atoms with Gasteiger partial charge in [0.05, 0.1) is 13.2 Å². The maximum atomic E-state index is 12.4. The van der Waals surface area contributed by atoms with E-state index in [-0.39, 0.29) is 5.91 Å². The van der Waals surface area contributed by atoms with Crippen molar-refractivity contribution >= 4 is 5.91 Å². The molecular formula is C15H21N3O2. The summed E-state index contributed by atoms with van der Waals surface area (Å²) >= 11 is 0. The molecule has 5 heteroatoms. The van der Waals surface area contributed by atoms with Crippen molar-refractivity contribution in [2.24, 2.45) is 0 Å². The molecule has 0 radical (unpaired) electrons. The molecule has 1 aromatic rings. The number of hydrogen-bond donors (Lipinski definition) is 1. The second kappa shape index (κ2) is 6.33. The van der Waals surface area contributed by atoms with Crippen LogP contribution in [0, 0.1) is 0 Å². The number of hydrogen-bond acceptors (Lipinski definition) is 4. The molecule has 2 saturated heterocycles. The van der Waals surface area contributed by atoms with Gasteiger partial charge in [0, 0.05) is 31.2 Å². The Morgan fingerprint density at radius 3 is 2.95 bits per heavy atom. The number of piperidine rings is 1.